The highest BCUT2D eigenvalue weighted by Gasteiger charge is 2.63. The maximum Gasteiger partial charge on any atom is 0.190 e. The molecule has 0 radical (unpaired) electrons. The first-order valence-electron chi connectivity index (χ1n) is 13.1. The fourth-order valence-corrected chi connectivity index (χ4v) is 9.49. The van der Waals surface area contributed by atoms with Gasteiger partial charge in [-0.15, -0.1) is 0 Å². The summed E-state index contributed by atoms with van der Waals surface area (Å²) in [7, 11) is 0. The summed E-state index contributed by atoms with van der Waals surface area (Å²) in [6.07, 6.45) is 12.0. The number of fused-ring (bicyclic) bond motifs is 5. The summed E-state index contributed by atoms with van der Waals surface area (Å²) in [6, 6.07) is 0. The van der Waals surface area contributed by atoms with Crippen LogP contribution < -0.4 is 0 Å². The van der Waals surface area contributed by atoms with Gasteiger partial charge in [-0.25, -0.2) is 0 Å². The Bertz CT molecular complexity index is 790. The number of carbonyl (C=O) groups excluding carboxylic acids is 2. The van der Waals surface area contributed by atoms with Crippen LogP contribution in [-0.2, 0) is 9.59 Å². The van der Waals surface area contributed by atoms with Gasteiger partial charge in [0.25, 0.3) is 0 Å². The monoisotopic (exact) mass is 650 g/mol. The van der Waals surface area contributed by atoms with E-state index < -0.39 is 7.74 Å². The summed E-state index contributed by atoms with van der Waals surface area (Å²) in [5.74, 6) is 2.81. The van der Waals surface area contributed by atoms with Gasteiger partial charge in [0.1, 0.15) is 11.6 Å². The van der Waals surface area contributed by atoms with Gasteiger partial charge in [0.05, 0.1) is 4.32 Å². The maximum absolute atomic E-state index is 13.5. The standard InChI is InChI=1S/C27H41Br3O3/c1-16(21(31)11-14-26(4,28)27(29,30)33)23-22(32)15-20-18-9-8-17-7-5-6-12-24(17,2)19(18)10-13-25(20,23)3/h16-20,23,33H,5-15H2,1-4H3/t16-,17?,18-,19+,20+,23+,24+,25+,26?/m1/s1. The second-order valence-electron chi connectivity index (χ2n) is 12.6. The van der Waals surface area contributed by atoms with Crippen LogP contribution in [0.5, 0.6) is 0 Å². The summed E-state index contributed by atoms with van der Waals surface area (Å²) >= 11 is 10.0. The summed E-state index contributed by atoms with van der Waals surface area (Å²) in [4.78, 5) is 26.8. The lowest BCUT2D eigenvalue weighted by atomic mass is 9.44. The van der Waals surface area contributed by atoms with E-state index in [-0.39, 0.29) is 23.0 Å². The fourth-order valence-electron chi connectivity index (χ4n) is 8.90. The molecule has 4 saturated carbocycles. The summed E-state index contributed by atoms with van der Waals surface area (Å²) in [5.41, 5.74) is 0.419. The Morgan fingerprint density at radius 2 is 1.76 bits per heavy atom. The smallest absolute Gasteiger partial charge is 0.190 e. The number of rotatable bonds is 6. The zero-order chi connectivity index (χ0) is 24.4. The average molecular weight is 653 g/mol. The third-order valence-corrected chi connectivity index (χ3v) is 14.8. The molecule has 0 saturated heterocycles. The molecule has 33 heavy (non-hydrogen) atoms. The van der Waals surface area contributed by atoms with Gasteiger partial charge in [-0.05, 0) is 118 Å². The normalized spacial score (nSPS) is 43.8. The van der Waals surface area contributed by atoms with Gasteiger partial charge in [0, 0.05) is 24.7 Å². The van der Waals surface area contributed by atoms with Crippen LogP contribution in [0.15, 0.2) is 0 Å². The summed E-state index contributed by atoms with van der Waals surface area (Å²) in [5, 5.41) is 10.3. The van der Waals surface area contributed by atoms with Gasteiger partial charge in [-0.3, -0.25) is 9.59 Å². The number of carbonyl (C=O) groups is 2. The lowest BCUT2D eigenvalue weighted by Gasteiger charge is -2.60. The van der Waals surface area contributed by atoms with Crippen LogP contribution in [0.25, 0.3) is 0 Å². The van der Waals surface area contributed by atoms with Crippen molar-refractivity contribution in [2.75, 3.05) is 0 Å². The molecule has 0 aliphatic heterocycles. The van der Waals surface area contributed by atoms with Gasteiger partial charge in [-0.1, -0.05) is 49.5 Å². The van der Waals surface area contributed by atoms with Crippen molar-refractivity contribution >= 4 is 59.4 Å². The molecule has 0 aromatic heterocycles. The van der Waals surface area contributed by atoms with Crippen molar-refractivity contribution in [3.05, 3.63) is 0 Å². The van der Waals surface area contributed by atoms with Crippen molar-refractivity contribution in [1.82, 2.24) is 0 Å². The maximum atomic E-state index is 13.5. The van der Waals surface area contributed by atoms with E-state index in [0.29, 0.717) is 42.3 Å². The van der Waals surface area contributed by atoms with Crippen molar-refractivity contribution in [3.63, 3.8) is 0 Å². The minimum atomic E-state index is -1.29. The first kappa shape index (κ1) is 26.8. The van der Waals surface area contributed by atoms with Crippen LogP contribution in [-0.4, -0.2) is 24.4 Å². The van der Waals surface area contributed by atoms with Crippen molar-refractivity contribution in [3.8, 4) is 0 Å². The van der Waals surface area contributed by atoms with E-state index in [4.69, 9.17) is 0 Å². The number of hydrogen-bond acceptors (Lipinski definition) is 3. The van der Waals surface area contributed by atoms with E-state index in [1.165, 1.54) is 44.9 Å². The predicted octanol–water partition coefficient (Wildman–Crippen LogP) is 7.79. The zero-order valence-corrected chi connectivity index (χ0v) is 25.4. The highest BCUT2D eigenvalue weighted by Crippen LogP contribution is 2.67. The van der Waals surface area contributed by atoms with Crippen LogP contribution in [0, 0.1) is 46.3 Å². The van der Waals surface area contributed by atoms with Crippen LogP contribution in [0.1, 0.15) is 98.3 Å². The molecule has 0 heterocycles. The van der Waals surface area contributed by atoms with Gasteiger partial charge in [-0.2, -0.15) is 0 Å². The van der Waals surface area contributed by atoms with Crippen LogP contribution in [0.3, 0.4) is 0 Å². The molecule has 4 rings (SSSR count). The van der Waals surface area contributed by atoms with Gasteiger partial charge in [0.15, 0.2) is 3.42 Å². The molecular weight excluding hydrogens is 612 g/mol. The largest absolute Gasteiger partial charge is 0.368 e. The minimum Gasteiger partial charge on any atom is -0.368 e. The number of halogens is 3. The second-order valence-corrected chi connectivity index (χ2v) is 17.7. The van der Waals surface area contributed by atoms with E-state index >= 15 is 0 Å². The van der Waals surface area contributed by atoms with E-state index in [2.05, 4.69) is 61.6 Å². The van der Waals surface area contributed by atoms with E-state index in [1.807, 2.05) is 13.8 Å². The van der Waals surface area contributed by atoms with Gasteiger partial charge in [0.2, 0.25) is 0 Å². The third kappa shape index (κ3) is 4.52. The molecule has 6 heteroatoms. The molecule has 4 fully saturated rings. The lowest BCUT2D eigenvalue weighted by Crippen LogP contribution is -2.53. The van der Waals surface area contributed by atoms with Crippen LogP contribution in [0.4, 0.5) is 0 Å². The van der Waals surface area contributed by atoms with E-state index in [9.17, 15) is 14.7 Å². The molecule has 4 aliphatic rings. The molecule has 4 aliphatic carbocycles. The first-order chi connectivity index (χ1) is 15.2. The Morgan fingerprint density at radius 3 is 2.42 bits per heavy atom. The molecule has 0 bridgehead atoms. The quantitative estimate of drug-likeness (QED) is 0.298. The van der Waals surface area contributed by atoms with Gasteiger partial charge >= 0.3 is 0 Å². The molecular formula is C27H41Br3O3. The first-order valence-corrected chi connectivity index (χ1v) is 15.4. The molecule has 0 aromatic carbocycles. The Labute approximate surface area is 225 Å². The minimum absolute atomic E-state index is 0.0471. The highest BCUT2D eigenvalue weighted by atomic mass is 79.9. The fraction of sp³-hybridized carbons (Fsp3) is 0.926. The molecule has 3 nitrogen and oxygen atoms in total. The van der Waals surface area contributed by atoms with Crippen LogP contribution >= 0.6 is 47.8 Å². The SMILES string of the molecule is C[C@H](C(=O)CCC(C)(Br)C(O)(Br)Br)[C@H]1C(=O)C[C@H]2[C@@H]3CCC4CCCC[C@]4(C)[C@H]3CC[C@]12C. The number of alkyl halides is 3. The number of Topliss-reactive ketones (excluding diaryl/α,β-unsaturated/α-hetero) is 2. The van der Waals surface area contributed by atoms with Crippen molar-refractivity contribution < 1.29 is 14.7 Å². The number of hydrogen-bond donors (Lipinski definition) is 1. The molecule has 0 amide bonds. The Morgan fingerprint density at radius 1 is 1.06 bits per heavy atom. The molecule has 188 valence electrons. The van der Waals surface area contributed by atoms with Gasteiger partial charge < -0.3 is 5.11 Å². The molecule has 1 N–H and O–H groups in total. The van der Waals surface area contributed by atoms with Crippen molar-refractivity contribution in [1.29, 1.82) is 0 Å². The third-order valence-electron chi connectivity index (χ3n) is 11.0. The van der Waals surface area contributed by atoms with E-state index in [1.54, 1.807) is 0 Å². The van der Waals surface area contributed by atoms with Crippen molar-refractivity contribution in [2.45, 2.75) is 106 Å². The van der Waals surface area contributed by atoms with E-state index in [0.717, 1.165) is 18.3 Å². The highest BCUT2D eigenvalue weighted by molar-refractivity contribution is 9.26. The summed E-state index contributed by atoms with van der Waals surface area (Å²) < 4.78 is -1.98. The molecule has 0 aromatic rings. The summed E-state index contributed by atoms with van der Waals surface area (Å²) in [6.45, 7) is 8.76. The van der Waals surface area contributed by atoms with Crippen molar-refractivity contribution in [2.24, 2.45) is 46.3 Å². The molecule has 9 atom stereocenters. The predicted molar refractivity (Wildman–Crippen MR) is 144 cm³/mol. The lowest BCUT2D eigenvalue weighted by molar-refractivity contribution is -0.137. The average Bonchev–Trinajstić information content (AvgIpc) is 3.00. The Hall–Kier alpha value is 0.740. The Kier molecular flexibility index (Phi) is 7.50. The second kappa shape index (κ2) is 9.24. The number of ketones is 2. The molecule has 2 unspecified atom stereocenters. The van der Waals surface area contributed by atoms with Crippen LogP contribution in [0.2, 0.25) is 0 Å². The number of aliphatic hydroxyl groups is 1. The molecule has 0 spiro atoms. The Balaban J connectivity index is 1.50. The topological polar surface area (TPSA) is 54.4 Å². The zero-order valence-electron chi connectivity index (χ0n) is 20.6.